The average molecular weight is 212 g/mol. The lowest BCUT2D eigenvalue weighted by molar-refractivity contribution is -0.00769. The summed E-state index contributed by atoms with van der Waals surface area (Å²) in [5.41, 5.74) is 1.81. The summed E-state index contributed by atoms with van der Waals surface area (Å²) < 4.78 is 17.3. The summed E-state index contributed by atoms with van der Waals surface area (Å²) in [4.78, 5) is 3.88. The highest BCUT2D eigenvalue weighted by molar-refractivity contribution is 5.37. The van der Waals surface area contributed by atoms with Gasteiger partial charge in [0, 0.05) is 11.6 Å². The summed E-state index contributed by atoms with van der Waals surface area (Å²) >= 11 is 0. The van der Waals surface area contributed by atoms with Crippen LogP contribution in [-0.2, 0) is 17.8 Å². The molecule has 0 spiro atoms. The molecule has 1 rings (SSSR count). The maximum Gasteiger partial charge on any atom is 0.175 e. The van der Waals surface area contributed by atoms with E-state index in [2.05, 4.69) is 18.8 Å². The molecular formula is C12H17FO2. The Hall–Kier alpha value is -1.09. The lowest BCUT2D eigenvalue weighted by Crippen LogP contribution is -1.98. The van der Waals surface area contributed by atoms with Crippen molar-refractivity contribution in [3.05, 3.63) is 29.3 Å². The second-order valence-corrected chi connectivity index (χ2v) is 4.05. The largest absolute Gasteiger partial charge is 0.380 e. The van der Waals surface area contributed by atoms with E-state index in [1.165, 1.54) is 0 Å². The van der Waals surface area contributed by atoms with Crippen molar-refractivity contribution in [1.29, 1.82) is 0 Å². The van der Waals surface area contributed by atoms with Crippen molar-refractivity contribution in [2.75, 3.05) is 7.11 Å². The highest BCUT2D eigenvalue weighted by Gasteiger charge is 2.08. The molecule has 1 aromatic rings. The van der Waals surface area contributed by atoms with Gasteiger partial charge in [0.25, 0.3) is 0 Å². The fourth-order valence-corrected chi connectivity index (χ4v) is 1.54. The Balaban J connectivity index is 2.88. The highest BCUT2D eigenvalue weighted by Crippen LogP contribution is 2.24. The normalized spacial score (nSPS) is 10.7. The van der Waals surface area contributed by atoms with Crippen LogP contribution in [0.2, 0.25) is 0 Å². The van der Waals surface area contributed by atoms with Crippen LogP contribution in [0.5, 0.6) is 5.75 Å². The molecule has 84 valence electrons. The molecule has 0 amide bonds. The molecule has 0 saturated heterocycles. The summed E-state index contributed by atoms with van der Waals surface area (Å²) in [6.07, 6.45) is 0.812. The summed E-state index contributed by atoms with van der Waals surface area (Å²) in [7, 11) is 1.61. The molecule has 0 unspecified atom stereocenters. The van der Waals surface area contributed by atoms with Crippen molar-refractivity contribution in [1.82, 2.24) is 0 Å². The van der Waals surface area contributed by atoms with Crippen molar-refractivity contribution < 1.29 is 14.2 Å². The lowest BCUT2D eigenvalue weighted by Gasteiger charge is -2.09. The third-order valence-electron chi connectivity index (χ3n) is 2.15. The molecule has 15 heavy (non-hydrogen) atoms. The number of ether oxygens (including phenoxy) is 1. The third kappa shape index (κ3) is 3.51. The van der Waals surface area contributed by atoms with Gasteiger partial charge < -0.3 is 4.74 Å². The minimum Gasteiger partial charge on any atom is -0.380 e. The van der Waals surface area contributed by atoms with E-state index in [0.29, 0.717) is 18.3 Å². The molecule has 2 nitrogen and oxygen atoms in total. The monoisotopic (exact) mass is 212 g/mol. The van der Waals surface area contributed by atoms with Gasteiger partial charge in [-0.25, -0.2) is 0 Å². The molecule has 1 aromatic carbocycles. The quantitative estimate of drug-likeness (QED) is 0.745. The molecule has 0 atom stereocenters. The van der Waals surface area contributed by atoms with Gasteiger partial charge in [0.05, 0.1) is 6.61 Å². The topological polar surface area (TPSA) is 18.5 Å². The Morgan fingerprint density at radius 2 is 2.07 bits per heavy atom. The number of hydrogen-bond donors (Lipinski definition) is 0. The molecule has 0 N–H and O–H groups in total. The Morgan fingerprint density at radius 1 is 1.33 bits per heavy atom. The van der Waals surface area contributed by atoms with Gasteiger partial charge in [-0.3, -0.25) is 4.94 Å². The Kier molecular flexibility index (Phi) is 4.56. The van der Waals surface area contributed by atoms with Crippen LogP contribution >= 0.6 is 0 Å². The van der Waals surface area contributed by atoms with E-state index >= 15 is 0 Å². The maximum absolute atomic E-state index is 12.3. The second-order valence-electron chi connectivity index (χ2n) is 4.05. The first-order valence-corrected chi connectivity index (χ1v) is 5.06. The number of methoxy groups -OCH3 is 1. The molecule has 0 aliphatic carbocycles. The van der Waals surface area contributed by atoms with E-state index in [0.717, 1.165) is 17.5 Å². The standard InChI is InChI=1S/C12H17FO2/c1-9(2)6-11-5-4-10(8-14-3)7-12(11)15-13/h4-5,7,9H,6,8H2,1-3H3. The van der Waals surface area contributed by atoms with Crippen LogP contribution in [0.15, 0.2) is 18.2 Å². The van der Waals surface area contributed by atoms with Gasteiger partial charge in [0.1, 0.15) is 0 Å². The predicted molar refractivity (Wildman–Crippen MR) is 57.4 cm³/mol. The van der Waals surface area contributed by atoms with Gasteiger partial charge >= 0.3 is 0 Å². The SMILES string of the molecule is COCc1ccc(CC(C)C)c(OF)c1. The van der Waals surface area contributed by atoms with Crippen molar-refractivity contribution in [3.63, 3.8) is 0 Å². The van der Waals surface area contributed by atoms with Crippen LogP contribution < -0.4 is 4.94 Å². The zero-order valence-corrected chi connectivity index (χ0v) is 9.42. The van der Waals surface area contributed by atoms with Crippen molar-refractivity contribution in [2.45, 2.75) is 26.9 Å². The summed E-state index contributed by atoms with van der Waals surface area (Å²) in [6, 6.07) is 5.51. The molecule has 3 heteroatoms. The van der Waals surface area contributed by atoms with E-state index in [1.54, 1.807) is 13.2 Å². The van der Waals surface area contributed by atoms with Crippen LogP contribution in [0.3, 0.4) is 0 Å². The Bertz CT molecular complexity index is 310. The molecular weight excluding hydrogens is 195 g/mol. The van der Waals surface area contributed by atoms with Gasteiger partial charge in [0.2, 0.25) is 0 Å². The van der Waals surface area contributed by atoms with E-state index in [4.69, 9.17) is 4.74 Å². The number of rotatable bonds is 5. The number of halogens is 1. The number of hydrogen-bond acceptors (Lipinski definition) is 2. The van der Waals surface area contributed by atoms with Crippen molar-refractivity contribution >= 4 is 0 Å². The zero-order valence-electron chi connectivity index (χ0n) is 9.42. The first kappa shape index (κ1) is 12.0. The smallest absolute Gasteiger partial charge is 0.175 e. The molecule has 0 aliphatic heterocycles. The van der Waals surface area contributed by atoms with Gasteiger partial charge in [0.15, 0.2) is 5.75 Å². The molecule has 0 fully saturated rings. The highest BCUT2D eigenvalue weighted by atomic mass is 19.3. The van der Waals surface area contributed by atoms with Crippen LogP contribution in [0, 0.1) is 5.92 Å². The predicted octanol–water partition coefficient (Wildman–Crippen LogP) is 3.29. The van der Waals surface area contributed by atoms with Crippen LogP contribution in [0.1, 0.15) is 25.0 Å². The Morgan fingerprint density at radius 3 is 2.60 bits per heavy atom. The first-order chi connectivity index (χ1) is 7.17. The van der Waals surface area contributed by atoms with Gasteiger partial charge in [-0.2, -0.15) is 0 Å². The third-order valence-corrected chi connectivity index (χ3v) is 2.15. The minimum absolute atomic E-state index is 0.304. The lowest BCUT2D eigenvalue weighted by atomic mass is 10.0. The van der Waals surface area contributed by atoms with Gasteiger partial charge in [-0.15, -0.1) is 0 Å². The minimum atomic E-state index is 0.304. The second kappa shape index (κ2) is 5.71. The average Bonchev–Trinajstić information content (AvgIpc) is 2.20. The fraction of sp³-hybridized carbons (Fsp3) is 0.500. The summed E-state index contributed by atoms with van der Waals surface area (Å²) in [5, 5.41) is 0. The van der Waals surface area contributed by atoms with Crippen LogP contribution in [0.4, 0.5) is 4.53 Å². The molecule has 0 saturated carbocycles. The van der Waals surface area contributed by atoms with Crippen LogP contribution in [0.25, 0.3) is 0 Å². The number of benzene rings is 1. The molecule has 0 heterocycles. The van der Waals surface area contributed by atoms with E-state index in [-0.39, 0.29) is 0 Å². The molecule has 0 aromatic heterocycles. The zero-order chi connectivity index (χ0) is 11.3. The fourth-order valence-electron chi connectivity index (χ4n) is 1.54. The molecule has 0 radical (unpaired) electrons. The summed E-state index contributed by atoms with van der Waals surface area (Å²) in [6.45, 7) is 4.65. The van der Waals surface area contributed by atoms with E-state index < -0.39 is 0 Å². The first-order valence-electron chi connectivity index (χ1n) is 5.06. The van der Waals surface area contributed by atoms with Gasteiger partial charge in [-0.05, 0) is 29.5 Å². The molecule has 0 bridgehead atoms. The molecule has 0 aliphatic rings. The van der Waals surface area contributed by atoms with E-state index in [9.17, 15) is 4.53 Å². The van der Waals surface area contributed by atoms with E-state index in [1.807, 2.05) is 12.1 Å². The van der Waals surface area contributed by atoms with Crippen molar-refractivity contribution in [3.8, 4) is 5.75 Å². The summed E-state index contributed by atoms with van der Waals surface area (Å²) in [5.74, 6) is 0.783. The van der Waals surface area contributed by atoms with Crippen LogP contribution in [-0.4, -0.2) is 7.11 Å². The Labute approximate surface area is 89.9 Å². The van der Waals surface area contributed by atoms with Gasteiger partial charge in [-0.1, -0.05) is 26.0 Å². The van der Waals surface area contributed by atoms with Crippen molar-refractivity contribution in [2.24, 2.45) is 5.92 Å². The maximum atomic E-state index is 12.3.